The van der Waals surface area contributed by atoms with Crippen molar-refractivity contribution in [3.05, 3.63) is 35.9 Å². The van der Waals surface area contributed by atoms with Crippen molar-refractivity contribution in [2.75, 3.05) is 12.0 Å². The molecule has 0 fully saturated rings. The van der Waals surface area contributed by atoms with E-state index < -0.39 is 10.8 Å². The van der Waals surface area contributed by atoms with Crippen molar-refractivity contribution in [2.45, 2.75) is 19.9 Å². The van der Waals surface area contributed by atoms with E-state index in [4.69, 9.17) is 0 Å². The lowest BCUT2D eigenvalue weighted by atomic mass is 10.1. The Balaban J connectivity index is 2.81. The summed E-state index contributed by atoms with van der Waals surface area (Å²) in [6.45, 7) is 3.70. The lowest BCUT2D eigenvalue weighted by Crippen LogP contribution is -2.34. The van der Waals surface area contributed by atoms with Gasteiger partial charge in [-0.3, -0.25) is 9.00 Å². The van der Waals surface area contributed by atoms with Crippen LogP contribution in [0.4, 0.5) is 0 Å². The molecular formula is C13H19NO2S. The van der Waals surface area contributed by atoms with Gasteiger partial charge in [0.25, 0.3) is 0 Å². The average Bonchev–Trinajstić information content (AvgIpc) is 2.28. The molecule has 2 atom stereocenters. The van der Waals surface area contributed by atoms with Crippen molar-refractivity contribution in [1.29, 1.82) is 0 Å². The number of amides is 1. The predicted molar refractivity (Wildman–Crippen MR) is 71.1 cm³/mol. The van der Waals surface area contributed by atoms with Crippen LogP contribution in [0.1, 0.15) is 25.5 Å². The van der Waals surface area contributed by atoms with Gasteiger partial charge < -0.3 is 5.32 Å². The van der Waals surface area contributed by atoms with Gasteiger partial charge in [-0.1, -0.05) is 44.2 Å². The van der Waals surface area contributed by atoms with E-state index in [1.807, 2.05) is 44.2 Å². The summed E-state index contributed by atoms with van der Waals surface area (Å²) in [6.07, 6.45) is 1.65. The fourth-order valence-corrected chi connectivity index (χ4v) is 2.22. The number of nitrogens with one attached hydrogen (secondary N) is 1. The molecule has 0 saturated heterocycles. The molecule has 0 bridgehead atoms. The summed E-state index contributed by atoms with van der Waals surface area (Å²) >= 11 is 0. The fourth-order valence-electron chi connectivity index (χ4n) is 1.48. The summed E-state index contributed by atoms with van der Waals surface area (Å²) in [4.78, 5) is 11.7. The van der Waals surface area contributed by atoms with Crippen LogP contribution in [-0.4, -0.2) is 22.1 Å². The molecule has 1 N–H and O–H groups in total. The number of hydrogen-bond acceptors (Lipinski definition) is 2. The van der Waals surface area contributed by atoms with Crippen LogP contribution in [0.3, 0.4) is 0 Å². The number of carbonyl (C=O) groups excluding carboxylic acids is 1. The first-order valence-electron chi connectivity index (χ1n) is 5.66. The first-order chi connectivity index (χ1) is 8.00. The third-order valence-corrected chi connectivity index (χ3v) is 3.25. The monoisotopic (exact) mass is 253 g/mol. The van der Waals surface area contributed by atoms with E-state index in [0.717, 1.165) is 5.56 Å². The quantitative estimate of drug-likeness (QED) is 0.871. The second-order valence-corrected chi connectivity index (χ2v) is 5.85. The predicted octanol–water partition coefficient (Wildman–Crippen LogP) is 1.88. The molecule has 4 heteroatoms. The summed E-state index contributed by atoms with van der Waals surface area (Å²) in [7, 11) is -0.941. The summed E-state index contributed by atoms with van der Waals surface area (Å²) in [5, 5.41) is 2.93. The second kappa shape index (κ2) is 6.55. The van der Waals surface area contributed by atoms with Crippen LogP contribution in [-0.2, 0) is 15.6 Å². The van der Waals surface area contributed by atoms with Gasteiger partial charge in [0.2, 0.25) is 5.91 Å². The Kier molecular flexibility index (Phi) is 5.35. The highest BCUT2D eigenvalue weighted by molar-refractivity contribution is 7.84. The molecule has 3 nitrogen and oxygen atoms in total. The third kappa shape index (κ3) is 4.69. The molecule has 0 aliphatic carbocycles. The zero-order valence-electron chi connectivity index (χ0n) is 10.5. The topological polar surface area (TPSA) is 46.2 Å². The van der Waals surface area contributed by atoms with E-state index in [-0.39, 0.29) is 17.9 Å². The highest BCUT2D eigenvalue weighted by Crippen LogP contribution is 2.14. The Morgan fingerprint density at radius 2 is 1.88 bits per heavy atom. The molecule has 0 unspecified atom stereocenters. The Labute approximate surface area is 105 Å². The maximum atomic E-state index is 11.7. The molecule has 17 heavy (non-hydrogen) atoms. The molecule has 0 aliphatic heterocycles. The van der Waals surface area contributed by atoms with Crippen LogP contribution in [0.2, 0.25) is 0 Å². The average molecular weight is 253 g/mol. The molecule has 1 amide bonds. The molecule has 0 aliphatic rings. The first kappa shape index (κ1) is 13.9. The van der Waals surface area contributed by atoms with E-state index in [2.05, 4.69) is 5.32 Å². The minimum atomic E-state index is -0.941. The Morgan fingerprint density at radius 3 is 2.35 bits per heavy atom. The summed E-state index contributed by atoms with van der Waals surface area (Å²) in [6, 6.07) is 9.48. The van der Waals surface area contributed by atoms with Crippen molar-refractivity contribution in [3.8, 4) is 0 Å². The molecule has 0 spiro atoms. The first-order valence-corrected chi connectivity index (χ1v) is 7.38. The molecule has 0 aromatic heterocycles. The van der Waals surface area contributed by atoms with Gasteiger partial charge in [0, 0.05) is 28.7 Å². The Hall–Kier alpha value is -1.16. The summed E-state index contributed by atoms with van der Waals surface area (Å²) < 4.78 is 11.3. The smallest absolute Gasteiger partial charge is 0.223 e. The molecule has 0 heterocycles. The number of hydrogen-bond donors (Lipinski definition) is 1. The van der Waals surface area contributed by atoms with Gasteiger partial charge in [-0.05, 0) is 5.56 Å². The van der Waals surface area contributed by atoms with Gasteiger partial charge in [0.05, 0.1) is 6.04 Å². The van der Waals surface area contributed by atoms with Crippen molar-refractivity contribution in [1.82, 2.24) is 5.32 Å². The maximum absolute atomic E-state index is 11.7. The van der Waals surface area contributed by atoms with Crippen LogP contribution in [0.15, 0.2) is 30.3 Å². The number of rotatable bonds is 5. The van der Waals surface area contributed by atoms with E-state index >= 15 is 0 Å². The molecule has 0 saturated carbocycles. The third-order valence-electron chi connectivity index (χ3n) is 2.44. The normalized spacial score (nSPS) is 14.4. The van der Waals surface area contributed by atoms with Crippen LogP contribution in [0.5, 0.6) is 0 Å². The van der Waals surface area contributed by atoms with Gasteiger partial charge in [-0.25, -0.2) is 0 Å². The Bertz CT molecular complexity index is 390. The summed E-state index contributed by atoms with van der Waals surface area (Å²) in [5.74, 6) is 0.374. The van der Waals surface area contributed by atoms with Gasteiger partial charge in [-0.15, -0.1) is 0 Å². The van der Waals surface area contributed by atoms with E-state index in [1.165, 1.54) is 0 Å². The standard InChI is InChI=1S/C13H19NO2S/c1-10(2)13(15)14-12(9-17(3)16)11-7-5-4-6-8-11/h4-8,10,12H,9H2,1-3H3,(H,14,15)/t12-,17-/m1/s1. The van der Waals surface area contributed by atoms with Crippen molar-refractivity contribution in [2.24, 2.45) is 5.92 Å². The largest absolute Gasteiger partial charge is 0.348 e. The molecular weight excluding hydrogens is 234 g/mol. The van der Waals surface area contributed by atoms with E-state index in [9.17, 15) is 9.00 Å². The Morgan fingerprint density at radius 1 is 1.29 bits per heavy atom. The van der Waals surface area contributed by atoms with Crippen LogP contribution >= 0.6 is 0 Å². The van der Waals surface area contributed by atoms with Crippen molar-refractivity contribution in [3.63, 3.8) is 0 Å². The van der Waals surface area contributed by atoms with Crippen molar-refractivity contribution < 1.29 is 9.00 Å². The highest BCUT2D eigenvalue weighted by Gasteiger charge is 2.17. The summed E-state index contributed by atoms with van der Waals surface area (Å²) in [5.41, 5.74) is 0.997. The molecule has 1 aromatic carbocycles. The van der Waals surface area contributed by atoms with Gasteiger partial charge >= 0.3 is 0 Å². The SMILES string of the molecule is CC(C)C(=O)N[C@H](C[S@@](C)=O)c1ccccc1. The zero-order chi connectivity index (χ0) is 12.8. The number of carbonyl (C=O) groups is 1. The molecule has 1 rings (SSSR count). The fraction of sp³-hybridized carbons (Fsp3) is 0.462. The highest BCUT2D eigenvalue weighted by atomic mass is 32.2. The maximum Gasteiger partial charge on any atom is 0.223 e. The minimum Gasteiger partial charge on any atom is -0.348 e. The van der Waals surface area contributed by atoms with Crippen LogP contribution in [0, 0.1) is 5.92 Å². The number of benzene rings is 1. The van der Waals surface area contributed by atoms with Crippen LogP contribution in [0.25, 0.3) is 0 Å². The van der Waals surface area contributed by atoms with Crippen molar-refractivity contribution >= 4 is 16.7 Å². The van der Waals surface area contributed by atoms with Gasteiger partial charge in [0.1, 0.15) is 0 Å². The van der Waals surface area contributed by atoms with Gasteiger partial charge in [0.15, 0.2) is 0 Å². The molecule has 1 aromatic rings. The lowest BCUT2D eigenvalue weighted by molar-refractivity contribution is -0.124. The lowest BCUT2D eigenvalue weighted by Gasteiger charge is -2.19. The second-order valence-electron chi connectivity index (χ2n) is 4.37. The minimum absolute atomic E-state index is 0.00990. The van der Waals surface area contributed by atoms with Gasteiger partial charge in [-0.2, -0.15) is 0 Å². The molecule has 94 valence electrons. The van der Waals surface area contributed by atoms with E-state index in [0.29, 0.717) is 5.75 Å². The van der Waals surface area contributed by atoms with E-state index in [1.54, 1.807) is 6.26 Å². The molecule has 0 radical (unpaired) electrons. The zero-order valence-corrected chi connectivity index (χ0v) is 11.3. The van der Waals surface area contributed by atoms with Crippen LogP contribution < -0.4 is 5.32 Å².